The number of nitrogens with one attached hydrogen (secondary N) is 1. The van der Waals surface area contributed by atoms with Crippen molar-refractivity contribution < 1.29 is 31.9 Å². The standard InChI is InChI=1S/C29H32BrF4N3O3/c1-17(38)35-24-9-5-19(6-10-24)28(40)37-12-11-26(25(16-37)18-3-7-23(31)8-4-18)36(2)27(39)20-13-21(29(32,33)34)15-22(30)14-20/h3-4,7-8,13-15,19,24-26H,5-6,9-12,16H2,1-2H3,(H,35,38)/t19-,24-,25?,26?. The first-order valence-corrected chi connectivity index (χ1v) is 14.1. The minimum absolute atomic E-state index is 0.0163. The van der Waals surface area contributed by atoms with E-state index in [2.05, 4.69) is 21.2 Å². The van der Waals surface area contributed by atoms with Crippen LogP contribution in [0, 0.1) is 11.7 Å². The zero-order chi connectivity index (χ0) is 29.2. The van der Waals surface area contributed by atoms with Gasteiger partial charge in [0, 0.05) is 61.0 Å². The van der Waals surface area contributed by atoms with Crippen molar-refractivity contribution in [2.24, 2.45) is 5.92 Å². The first-order valence-electron chi connectivity index (χ1n) is 13.3. The molecule has 2 aliphatic rings. The van der Waals surface area contributed by atoms with E-state index in [1.165, 1.54) is 30.0 Å². The van der Waals surface area contributed by atoms with Gasteiger partial charge in [-0.3, -0.25) is 14.4 Å². The van der Waals surface area contributed by atoms with Crippen LogP contribution in [0.4, 0.5) is 17.6 Å². The van der Waals surface area contributed by atoms with Crippen molar-refractivity contribution in [2.45, 2.75) is 63.2 Å². The predicted molar refractivity (Wildman–Crippen MR) is 145 cm³/mol. The third-order valence-corrected chi connectivity index (χ3v) is 8.42. The molecule has 2 unspecified atom stereocenters. The van der Waals surface area contributed by atoms with Gasteiger partial charge in [-0.1, -0.05) is 28.1 Å². The first-order chi connectivity index (χ1) is 18.8. The molecule has 0 bridgehead atoms. The highest BCUT2D eigenvalue weighted by atomic mass is 79.9. The lowest BCUT2D eigenvalue weighted by atomic mass is 9.82. The number of halogens is 5. The van der Waals surface area contributed by atoms with E-state index in [1.54, 1.807) is 24.1 Å². The molecule has 0 radical (unpaired) electrons. The molecule has 2 aromatic rings. The highest BCUT2D eigenvalue weighted by molar-refractivity contribution is 9.10. The average molecular weight is 626 g/mol. The Hall–Kier alpha value is -2.95. The number of piperidine rings is 1. The SMILES string of the molecule is CC(=O)N[C@H]1CC[C@H](C(=O)N2CCC(N(C)C(=O)c3cc(Br)cc(C(F)(F)F)c3)C(c3ccc(F)cc3)C2)CC1. The maximum Gasteiger partial charge on any atom is 0.416 e. The lowest BCUT2D eigenvalue weighted by molar-refractivity contribution is -0.139. The van der Waals surface area contributed by atoms with Crippen molar-refractivity contribution in [3.63, 3.8) is 0 Å². The molecular weight excluding hydrogens is 594 g/mol. The molecule has 216 valence electrons. The number of rotatable bonds is 5. The number of alkyl halides is 3. The van der Waals surface area contributed by atoms with Gasteiger partial charge in [-0.15, -0.1) is 0 Å². The number of carbonyl (C=O) groups is 3. The summed E-state index contributed by atoms with van der Waals surface area (Å²) in [5.41, 5.74) is -0.290. The van der Waals surface area contributed by atoms with E-state index in [-0.39, 0.29) is 39.7 Å². The fourth-order valence-corrected chi connectivity index (χ4v) is 6.40. The third-order valence-electron chi connectivity index (χ3n) is 7.96. The number of hydrogen-bond donors (Lipinski definition) is 1. The van der Waals surface area contributed by atoms with Gasteiger partial charge >= 0.3 is 6.18 Å². The van der Waals surface area contributed by atoms with Gasteiger partial charge < -0.3 is 15.1 Å². The lowest BCUT2D eigenvalue weighted by Crippen LogP contribution is -2.53. The van der Waals surface area contributed by atoms with Crippen LogP contribution in [-0.4, -0.2) is 59.7 Å². The van der Waals surface area contributed by atoms with Crippen molar-refractivity contribution in [1.82, 2.24) is 15.1 Å². The Morgan fingerprint density at radius 1 is 1.00 bits per heavy atom. The predicted octanol–water partition coefficient (Wildman–Crippen LogP) is 5.76. The summed E-state index contributed by atoms with van der Waals surface area (Å²) in [5, 5.41) is 2.91. The summed E-state index contributed by atoms with van der Waals surface area (Å²) in [6.07, 6.45) is -1.44. The molecule has 2 aromatic carbocycles. The van der Waals surface area contributed by atoms with Crippen LogP contribution in [0.5, 0.6) is 0 Å². The summed E-state index contributed by atoms with van der Waals surface area (Å²) >= 11 is 3.08. The normalized spacial score (nSPS) is 23.4. The fourth-order valence-electron chi connectivity index (χ4n) is 5.90. The molecule has 6 nitrogen and oxygen atoms in total. The van der Waals surface area contributed by atoms with Crippen molar-refractivity contribution in [1.29, 1.82) is 0 Å². The van der Waals surface area contributed by atoms with Gasteiger partial charge in [0.05, 0.1) is 5.56 Å². The third kappa shape index (κ3) is 7.03. The summed E-state index contributed by atoms with van der Waals surface area (Å²) in [5.74, 6) is -1.59. The van der Waals surface area contributed by atoms with Gasteiger partial charge in [-0.25, -0.2) is 4.39 Å². The van der Waals surface area contributed by atoms with Crippen molar-refractivity contribution in [3.8, 4) is 0 Å². The maximum absolute atomic E-state index is 13.7. The summed E-state index contributed by atoms with van der Waals surface area (Å²) in [4.78, 5) is 41.5. The van der Waals surface area contributed by atoms with Crippen molar-refractivity contribution >= 4 is 33.7 Å². The first kappa shape index (κ1) is 30.0. The summed E-state index contributed by atoms with van der Waals surface area (Å²) in [6, 6.07) is 8.65. The molecule has 1 saturated carbocycles. The number of hydrogen-bond acceptors (Lipinski definition) is 3. The molecule has 3 amide bonds. The number of benzene rings is 2. The number of likely N-dealkylation sites (N-methyl/N-ethyl adjacent to an activating group) is 1. The van der Waals surface area contributed by atoms with Crippen LogP contribution in [0.1, 0.15) is 66.4 Å². The second-order valence-corrected chi connectivity index (χ2v) is 11.6. The Kier molecular flexibility index (Phi) is 9.22. The van der Waals surface area contributed by atoms with E-state index in [0.717, 1.165) is 30.5 Å². The quantitative estimate of drug-likeness (QED) is 0.430. The largest absolute Gasteiger partial charge is 0.416 e. The van der Waals surface area contributed by atoms with Gasteiger partial charge in [0.25, 0.3) is 5.91 Å². The summed E-state index contributed by atoms with van der Waals surface area (Å²) in [6.45, 7) is 2.16. The van der Waals surface area contributed by atoms with Crippen LogP contribution >= 0.6 is 15.9 Å². The van der Waals surface area contributed by atoms with Gasteiger partial charge in [0.15, 0.2) is 0 Å². The van der Waals surface area contributed by atoms with E-state index >= 15 is 0 Å². The van der Waals surface area contributed by atoms with Crippen LogP contribution in [0.2, 0.25) is 0 Å². The molecule has 0 spiro atoms. The molecule has 40 heavy (non-hydrogen) atoms. The average Bonchev–Trinajstić information content (AvgIpc) is 2.91. The topological polar surface area (TPSA) is 69.7 Å². The van der Waals surface area contributed by atoms with Gasteiger partial charge in [0.2, 0.25) is 11.8 Å². The second-order valence-electron chi connectivity index (χ2n) is 10.7. The smallest absolute Gasteiger partial charge is 0.354 e. The molecular formula is C29H32BrF4N3O3. The molecule has 0 aromatic heterocycles. The molecule has 4 rings (SSSR count). The highest BCUT2D eigenvalue weighted by Crippen LogP contribution is 2.36. The lowest BCUT2D eigenvalue weighted by Gasteiger charge is -2.44. The molecule has 1 aliphatic heterocycles. The fraction of sp³-hybridized carbons (Fsp3) is 0.483. The summed E-state index contributed by atoms with van der Waals surface area (Å²) < 4.78 is 54.1. The Morgan fingerprint density at radius 3 is 2.25 bits per heavy atom. The maximum atomic E-state index is 13.7. The Labute approximate surface area is 239 Å². The Morgan fingerprint density at radius 2 is 1.65 bits per heavy atom. The van der Waals surface area contributed by atoms with E-state index in [1.807, 2.05) is 0 Å². The van der Waals surface area contributed by atoms with Crippen molar-refractivity contribution in [3.05, 3.63) is 69.4 Å². The zero-order valence-electron chi connectivity index (χ0n) is 22.3. The van der Waals surface area contributed by atoms with Gasteiger partial charge in [0.1, 0.15) is 5.82 Å². The van der Waals surface area contributed by atoms with Crippen LogP contribution in [0.15, 0.2) is 46.9 Å². The molecule has 1 saturated heterocycles. The minimum Gasteiger partial charge on any atom is -0.354 e. The zero-order valence-corrected chi connectivity index (χ0v) is 23.9. The number of nitrogens with zero attached hydrogens (tertiary/aromatic N) is 2. The number of carbonyl (C=O) groups excluding carboxylic acids is 3. The molecule has 2 fully saturated rings. The van der Waals surface area contributed by atoms with Crippen LogP contribution < -0.4 is 5.32 Å². The summed E-state index contributed by atoms with van der Waals surface area (Å²) in [7, 11) is 1.55. The monoisotopic (exact) mass is 625 g/mol. The Balaban J connectivity index is 1.54. The van der Waals surface area contributed by atoms with Crippen molar-refractivity contribution in [2.75, 3.05) is 20.1 Å². The minimum atomic E-state index is -4.61. The van der Waals surface area contributed by atoms with E-state index in [4.69, 9.17) is 0 Å². The Bertz CT molecular complexity index is 1250. The number of likely N-dealkylation sites (tertiary alicyclic amines) is 1. The second kappa shape index (κ2) is 12.3. The van der Waals surface area contributed by atoms with Gasteiger partial charge in [-0.2, -0.15) is 13.2 Å². The molecule has 1 N–H and O–H groups in total. The van der Waals surface area contributed by atoms with E-state index in [9.17, 15) is 31.9 Å². The van der Waals surface area contributed by atoms with E-state index in [0.29, 0.717) is 32.4 Å². The molecule has 11 heteroatoms. The van der Waals surface area contributed by atoms with E-state index < -0.39 is 29.5 Å². The van der Waals surface area contributed by atoms with Gasteiger partial charge in [-0.05, 0) is 68.0 Å². The molecule has 2 atom stereocenters. The molecule has 1 aliphatic carbocycles. The highest BCUT2D eigenvalue weighted by Gasteiger charge is 2.39. The van der Waals surface area contributed by atoms with Crippen LogP contribution in [0.3, 0.4) is 0 Å². The van der Waals surface area contributed by atoms with Crippen LogP contribution in [0.25, 0.3) is 0 Å². The van der Waals surface area contributed by atoms with Crippen LogP contribution in [-0.2, 0) is 15.8 Å². The molecule has 1 heterocycles. The number of amides is 3.